The van der Waals surface area contributed by atoms with E-state index >= 15 is 0 Å². The Kier molecular flexibility index (Phi) is 8.22. The van der Waals surface area contributed by atoms with E-state index in [1.54, 1.807) is 30.5 Å². The second-order valence-corrected chi connectivity index (χ2v) is 8.46. The van der Waals surface area contributed by atoms with Gasteiger partial charge in [-0.1, -0.05) is 24.3 Å². The number of nitrogens with zero attached hydrogens (tertiary/aromatic N) is 3. The van der Waals surface area contributed by atoms with Crippen molar-refractivity contribution in [1.29, 1.82) is 0 Å². The summed E-state index contributed by atoms with van der Waals surface area (Å²) < 4.78 is 54.0. The van der Waals surface area contributed by atoms with Crippen LogP contribution in [0, 0.1) is 0 Å². The molecule has 0 aliphatic rings. The molecule has 0 saturated heterocycles. The normalized spacial score (nSPS) is 11.9. The number of ether oxygens (including phenoxy) is 2. The van der Waals surface area contributed by atoms with Crippen LogP contribution in [-0.4, -0.2) is 32.5 Å². The number of hydrogen-bond donors (Lipinski definition) is 1. The van der Waals surface area contributed by atoms with Crippen molar-refractivity contribution in [3.8, 4) is 5.75 Å². The van der Waals surface area contributed by atoms with Crippen LogP contribution in [-0.2, 0) is 24.4 Å². The molecule has 0 saturated carbocycles. The number of halogens is 3. The molecule has 0 aliphatic heterocycles. The lowest BCUT2D eigenvalue weighted by atomic mass is 10.2. The Morgan fingerprint density at radius 1 is 0.971 bits per heavy atom. The van der Waals surface area contributed by atoms with Gasteiger partial charge < -0.3 is 13.9 Å². The van der Waals surface area contributed by atoms with Gasteiger partial charge in [0.05, 0.1) is 25.1 Å². The highest BCUT2D eigenvalue weighted by Crippen LogP contribution is 2.36. The maximum absolute atomic E-state index is 12.4. The summed E-state index contributed by atoms with van der Waals surface area (Å²) in [4.78, 5) is 4.46. The average Bonchev–Trinajstić information content (AvgIpc) is 3.52. The highest BCUT2D eigenvalue weighted by Gasteiger charge is 2.28. The Bertz CT molecular complexity index is 1210. The molecule has 2 heterocycles. The van der Waals surface area contributed by atoms with Gasteiger partial charge in [0, 0.05) is 17.4 Å². The van der Waals surface area contributed by atoms with Gasteiger partial charge in [-0.2, -0.15) is 28.6 Å². The van der Waals surface area contributed by atoms with Crippen LogP contribution in [0.15, 0.2) is 70.3 Å². The minimum Gasteiger partial charge on any atom is -0.487 e. The minimum absolute atomic E-state index is 0.133. The summed E-state index contributed by atoms with van der Waals surface area (Å²) in [6.07, 6.45) is 7.23. The fourth-order valence-corrected chi connectivity index (χ4v) is 3.50. The Balaban J connectivity index is 1.20. The van der Waals surface area contributed by atoms with E-state index in [2.05, 4.69) is 20.4 Å². The second kappa shape index (κ2) is 11.7. The molecule has 182 valence electrons. The van der Waals surface area contributed by atoms with E-state index in [1.807, 2.05) is 24.3 Å². The number of H-pyrrole nitrogens is 1. The molecule has 2 aromatic carbocycles. The number of nitrogens with one attached hydrogen (secondary N) is 1. The van der Waals surface area contributed by atoms with Crippen LogP contribution in [0.2, 0.25) is 0 Å². The molecule has 0 fully saturated rings. The molecule has 0 unspecified atom stereocenters. The third-order valence-electron chi connectivity index (χ3n) is 4.65. The van der Waals surface area contributed by atoms with E-state index in [9.17, 15) is 13.2 Å². The van der Waals surface area contributed by atoms with E-state index < -0.39 is 5.51 Å². The van der Waals surface area contributed by atoms with Crippen LogP contribution in [0.5, 0.6) is 5.75 Å². The standard InChI is InChI=1S/C24H21F3N4O3S/c25-24(26,27)35-22-8-3-17(4-9-22)5-10-23-29-20(16-34-23)15-33-21-6-1-18(2-7-21)14-32-12-11-19-13-28-31-30-19/h1-10,13,16H,11-12,14-15H2,(H,28,30,31). The number of alkyl halides is 3. The largest absolute Gasteiger partial charge is 0.487 e. The first-order valence-corrected chi connectivity index (χ1v) is 11.4. The number of aromatic amines is 1. The van der Waals surface area contributed by atoms with Crippen molar-refractivity contribution < 1.29 is 27.1 Å². The van der Waals surface area contributed by atoms with Crippen LogP contribution in [0.3, 0.4) is 0 Å². The Morgan fingerprint density at radius 3 is 2.49 bits per heavy atom. The highest BCUT2D eigenvalue weighted by molar-refractivity contribution is 8.00. The quantitative estimate of drug-likeness (QED) is 0.201. The molecular weight excluding hydrogens is 481 g/mol. The smallest absolute Gasteiger partial charge is 0.446 e. The summed E-state index contributed by atoms with van der Waals surface area (Å²) >= 11 is -0.145. The lowest BCUT2D eigenvalue weighted by Crippen LogP contribution is -2.00. The van der Waals surface area contributed by atoms with Crippen molar-refractivity contribution in [2.24, 2.45) is 0 Å². The summed E-state index contributed by atoms with van der Waals surface area (Å²) in [6, 6.07) is 13.6. The number of hydrogen-bond acceptors (Lipinski definition) is 7. The zero-order valence-electron chi connectivity index (χ0n) is 18.4. The van der Waals surface area contributed by atoms with E-state index in [-0.39, 0.29) is 23.3 Å². The number of benzene rings is 2. The lowest BCUT2D eigenvalue weighted by Gasteiger charge is -2.06. The van der Waals surface area contributed by atoms with Gasteiger partial charge in [-0.05, 0) is 53.2 Å². The van der Waals surface area contributed by atoms with Crippen molar-refractivity contribution in [3.05, 3.63) is 89.4 Å². The lowest BCUT2D eigenvalue weighted by molar-refractivity contribution is -0.0328. The molecule has 2 aromatic heterocycles. The molecule has 35 heavy (non-hydrogen) atoms. The Labute approximate surface area is 203 Å². The first kappa shape index (κ1) is 24.6. The Morgan fingerprint density at radius 2 is 1.77 bits per heavy atom. The van der Waals surface area contributed by atoms with E-state index in [1.165, 1.54) is 18.4 Å². The van der Waals surface area contributed by atoms with Gasteiger partial charge in [0.15, 0.2) is 0 Å². The van der Waals surface area contributed by atoms with Crippen molar-refractivity contribution in [3.63, 3.8) is 0 Å². The molecule has 0 atom stereocenters. The molecule has 4 aromatic rings. The molecular formula is C24H21F3N4O3S. The summed E-state index contributed by atoms with van der Waals surface area (Å²) in [5.74, 6) is 1.06. The van der Waals surface area contributed by atoms with Crippen LogP contribution < -0.4 is 4.74 Å². The molecule has 11 heteroatoms. The van der Waals surface area contributed by atoms with E-state index in [0.29, 0.717) is 37.0 Å². The van der Waals surface area contributed by atoms with E-state index in [4.69, 9.17) is 13.9 Å². The number of aromatic nitrogens is 4. The third kappa shape index (κ3) is 8.30. The van der Waals surface area contributed by atoms with Gasteiger partial charge in [0.1, 0.15) is 24.3 Å². The van der Waals surface area contributed by atoms with Crippen LogP contribution in [0.1, 0.15) is 28.4 Å². The predicted octanol–water partition coefficient (Wildman–Crippen LogP) is 5.91. The second-order valence-electron chi connectivity index (χ2n) is 7.32. The highest BCUT2D eigenvalue weighted by atomic mass is 32.2. The van der Waals surface area contributed by atoms with Gasteiger partial charge in [-0.3, -0.25) is 0 Å². The maximum atomic E-state index is 12.4. The maximum Gasteiger partial charge on any atom is 0.446 e. The zero-order valence-corrected chi connectivity index (χ0v) is 19.2. The van der Waals surface area contributed by atoms with Crippen molar-refractivity contribution in [2.45, 2.75) is 30.0 Å². The van der Waals surface area contributed by atoms with Gasteiger partial charge >= 0.3 is 5.51 Å². The number of rotatable bonds is 11. The molecule has 0 spiro atoms. The van der Waals surface area contributed by atoms with Crippen LogP contribution >= 0.6 is 11.8 Å². The SMILES string of the molecule is FC(F)(F)Sc1ccc(C=Cc2nc(COc3ccc(COCCc4cn[nH]n4)cc3)co2)cc1. The van der Waals surface area contributed by atoms with Gasteiger partial charge in [0.2, 0.25) is 5.89 Å². The average molecular weight is 503 g/mol. The van der Waals surface area contributed by atoms with Crippen LogP contribution in [0.4, 0.5) is 13.2 Å². The van der Waals surface area contributed by atoms with Crippen molar-refractivity contribution in [2.75, 3.05) is 6.61 Å². The van der Waals surface area contributed by atoms with Crippen LogP contribution in [0.25, 0.3) is 12.2 Å². The Hall–Kier alpha value is -3.57. The zero-order chi connectivity index (χ0) is 24.5. The summed E-state index contributed by atoms with van der Waals surface area (Å²) in [6.45, 7) is 1.27. The van der Waals surface area contributed by atoms with Gasteiger partial charge in [0.25, 0.3) is 0 Å². The first-order chi connectivity index (χ1) is 16.9. The summed E-state index contributed by atoms with van der Waals surface area (Å²) in [7, 11) is 0. The molecule has 1 N–H and O–H groups in total. The molecule has 0 amide bonds. The first-order valence-electron chi connectivity index (χ1n) is 10.6. The van der Waals surface area contributed by atoms with Crippen molar-refractivity contribution in [1.82, 2.24) is 20.4 Å². The molecule has 0 aliphatic carbocycles. The molecule has 4 rings (SSSR count). The number of oxazole rings is 1. The predicted molar refractivity (Wildman–Crippen MR) is 124 cm³/mol. The minimum atomic E-state index is -4.30. The fourth-order valence-electron chi connectivity index (χ4n) is 2.97. The summed E-state index contributed by atoms with van der Waals surface area (Å²) in [5.41, 5.74) is -1.07. The van der Waals surface area contributed by atoms with Crippen molar-refractivity contribution >= 4 is 23.9 Å². The van der Waals surface area contributed by atoms with Gasteiger partial charge in [-0.25, -0.2) is 4.98 Å². The number of thioether (sulfide) groups is 1. The topological polar surface area (TPSA) is 86.1 Å². The van der Waals surface area contributed by atoms with Gasteiger partial charge in [-0.15, -0.1) is 0 Å². The molecule has 0 radical (unpaired) electrons. The molecule has 0 bridgehead atoms. The third-order valence-corrected chi connectivity index (χ3v) is 5.39. The fraction of sp³-hybridized carbons (Fsp3) is 0.208. The van der Waals surface area contributed by atoms with E-state index in [0.717, 1.165) is 16.8 Å². The monoisotopic (exact) mass is 502 g/mol. The summed E-state index contributed by atoms with van der Waals surface area (Å²) in [5, 5.41) is 10.3. The molecule has 7 nitrogen and oxygen atoms in total.